The second-order valence-corrected chi connectivity index (χ2v) is 5.02. The molecule has 5 heteroatoms. The van der Waals surface area contributed by atoms with E-state index in [4.69, 9.17) is 5.11 Å². The molecule has 1 N–H and O–H groups in total. The molecule has 2 rings (SSSR count). The first-order valence-electron chi connectivity index (χ1n) is 5.52. The zero-order chi connectivity index (χ0) is 13.3. The van der Waals surface area contributed by atoms with Gasteiger partial charge in [-0.25, -0.2) is 4.68 Å². The highest BCUT2D eigenvalue weighted by Crippen LogP contribution is 2.20. The molecular weight excluding hydrogens is 296 g/mol. The normalized spacial score (nSPS) is 10.6. The van der Waals surface area contributed by atoms with Crippen molar-refractivity contribution in [2.24, 2.45) is 0 Å². The Labute approximate surface area is 113 Å². The Morgan fingerprint density at radius 3 is 2.50 bits per heavy atom. The van der Waals surface area contributed by atoms with Crippen LogP contribution in [0.2, 0.25) is 0 Å². The maximum atomic E-state index is 10.8. The number of carboxylic acid groups (broad SMARTS) is 1. The zero-order valence-electron chi connectivity index (χ0n) is 10.1. The standard InChI is InChI=1S/C13H13BrN2O2/c1-8-12(7-13(17)18)9(2)16(15-8)11-5-3-10(14)4-6-11/h3-6H,7H2,1-2H3,(H,17,18). The number of rotatable bonds is 3. The molecule has 0 spiro atoms. The number of hydrogen-bond acceptors (Lipinski definition) is 2. The highest BCUT2D eigenvalue weighted by Gasteiger charge is 2.15. The van der Waals surface area contributed by atoms with Crippen molar-refractivity contribution < 1.29 is 9.90 Å². The summed E-state index contributed by atoms with van der Waals surface area (Å²) in [5.74, 6) is -0.837. The Morgan fingerprint density at radius 2 is 1.94 bits per heavy atom. The third-order valence-electron chi connectivity index (χ3n) is 2.84. The summed E-state index contributed by atoms with van der Waals surface area (Å²) in [6, 6.07) is 7.74. The van der Waals surface area contributed by atoms with Gasteiger partial charge in [0, 0.05) is 15.7 Å². The minimum Gasteiger partial charge on any atom is -0.481 e. The fourth-order valence-corrected chi connectivity index (χ4v) is 2.18. The van der Waals surface area contributed by atoms with Crippen molar-refractivity contribution in [1.82, 2.24) is 9.78 Å². The number of carboxylic acids is 1. The van der Waals surface area contributed by atoms with Crippen LogP contribution >= 0.6 is 15.9 Å². The lowest BCUT2D eigenvalue weighted by molar-refractivity contribution is -0.136. The molecule has 18 heavy (non-hydrogen) atoms. The van der Waals surface area contributed by atoms with E-state index in [2.05, 4.69) is 21.0 Å². The summed E-state index contributed by atoms with van der Waals surface area (Å²) < 4.78 is 2.78. The van der Waals surface area contributed by atoms with Crippen LogP contribution in [0.15, 0.2) is 28.7 Å². The monoisotopic (exact) mass is 308 g/mol. The van der Waals surface area contributed by atoms with Gasteiger partial charge in [0.05, 0.1) is 17.8 Å². The van der Waals surface area contributed by atoms with Gasteiger partial charge in [0.15, 0.2) is 0 Å². The van der Waals surface area contributed by atoms with Crippen LogP contribution in [0.25, 0.3) is 5.69 Å². The van der Waals surface area contributed by atoms with E-state index >= 15 is 0 Å². The Hall–Kier alpha value is -1.62. The molecule has 0 unspecified atom stereocenters. The van der Waals surface area contributed by atoms with Gasteiger partial charge < -0.3 is 5.11 Å². The molecule has 0 fully saturated rings. The number of hydrogen-bond donors (Lipinski definition) is 1. The Morgan fingerprint density at radius 1 is 1.33 bits per heavy atom. The summed E-state index contributed by atoms with van der Waals surface area (Å²) in [5, 5.41) is 13.3. The van der Waals surface area contributed by atoms with E-state index in [0.717, 1.165) is 27.1 Å². The Balaban J connectivity index is 2.46. The summed E-state index contributed by atoms with van der Waals surface area (Å²) in [6.45, 7) is 3.72. The van der Waals surface area contributed by atoms with Crippen LogP contribution in [0.4, 0.5) is 0 Å². The summed E-state index contributed by atoms with van der Waals surface area (Å²) in [4.78, 5) is 10.8. The van der Waals surface area contributed by atoms with Gasteiger partial charge in [-0.2, -0.15) is 5.10 Å². The molecule has 0 bridgehead atoms. The van der Waals surface area contributed by atoms with Gasteiger partial charge in [-0.1, -0.05) is 15.9 Å². The highest BCUT2D eigenvalue weighted by atomic mass is 79.9. The van der Waals surface area contributed by atoms with E-state index in [1.165, 1.54) is 0 Å². The van der Waals surface area contributed by atoms with E-state index in [0.29, 0.717) is 0 Å². The quantitative estimate of drug-likeness (QED) is 0.948. The number of benzene rings is 1. The molecule has 0 saturated heterocycles. The van der Waals surface area contributed by atoms with E-state index in [1.807, 2.05) is 38.1 Å². The van der Waals surface area contributed by atoms with Gasteiger partial charge in [0.2, 0.25) is 0 Å². The van der Waals surface area contributed by atoms with Crippen LogP contribution in [0.3, 0.4) is 0 Å². The Kier molecular flexibility index (Phi) is 3.52. The maximum Gasteiger partial charge on any atom is 0.307 e. The first-order chi connectivity index (χ1) is 8.49. The topological polar surface area (TPSA) is 55.1 Å². The molecule has 0 aliphatic carbocycles. The molecule has 1 aromatic heterocycles. The molecule has 0 amide bonds. The smallest absolute Gasteiger partial charge is 0.307 e. The number of carbonyl (C=O) groups is 1. The predicted molar refractivity (Wildman–Crippen MR) is 72.1 cm³/mol. The number of aryl methyl sites for hydroxylation is 1. The minimum atomic E-state index is -0.837. The third kappa shape index (κ3) is 2.46. The molecule has 1 heterocycles. The zero-order valence-corrected chi connectivity index (χ0v) is 11.7. The SMILES string of the molecule is Cc1nn(-c2ccc(Br)cc2)c(C)c1CC(=O)O. The molecule has 94 valence electrons. The average molecular weight is 309 g/mol. The summed E-state index contributed by atoms with van der Waals surface area (Å²) in [5.41, 5.74) is 3.34. The van der Waals surface area contributed by atoms with Crippen molar-refractivity contribution in [3.8, 4) is 5.69 Å². The fourth-order valence-electron chi connectivity index (χ4n) is 1.92. The van der Waals surface area contributed by atoms with Gasteiger partial charge in [-0.15, -0.1) is 0 Å². The molecule has 2 aromatic rings. The van der Waals surface area contributed by atoms with Crippen LogP contribution < -0.4 is 0 Å². The molecule has 1 aromatic carbocycles. The fraction of sp³-hybridized carbons (Fsp3) is 0.231. The van der Waals surface area contributed by atoms with Crippen molar-refractivity contribution in [3.63, 3.8) is 0 Å². The largest absolute Gasteiger partial charge is 0.481 e. The first-order valence-corrected chi connectivity index (χ1v) is 6.31. The summed E-state index contributed by atoms with van der Waals surface area (Å²) in [7, 11) is 0. The lowest BCUT2D eigenvalue weighted by atomic mass is 10.1. The maximum absolute atomic E-state index is 10.8. The highest BCUT2D eigenvalue weighted by molar-refractivity contribution is 9.10. The van der Waals surface area contributed by atoms with Crippen molar-refractivity contribution in [3.05, 3.63) is 45.7 Å². The van der Waals surface area contributed by atoms with Crippen LogP contribution in [-0.4, -0.2) is 20.9 Å². The van der Waals surface area contributed by atoms with Gasteiger partial charge in [-0.3, -0.25) is 4.79 Å². The van der Waals surface area contributed by atoms with Crippen molar-refractivity contribution in [2.75, 3.05) is 0 Å². The second-order valence-electron chi connectivity index (χ2n) is 4.11. The third-order valence-corrected chi connectivity index (χ3v) is 3.37. The molecule has 0 saturated carbocycles. The average Bonchev–Trinajstić information content (AvgIpc) is 2.58. The van der Waals surface area contributed by atoms with Crippen molar-refractivity contribution >= 4 is 21.9 Å². The summed E-state index contributed by atoms with van der Waals surface area (Å²) in [6.07, 6.45) is 0.00813. The summed E-state index contributed by atoms with van der Waals surface area (Å²) >= 11 is 3.38. The van der Waals surface area contributed by atoms with E-state index in [-0.39, 0.29) is 6.42 Å². The van der Waals surface area contributed by atoms with E-state index in [1.54, 1.807) is 4.68 Å². The van der Waals surface area contributed by atoms with Crippen LogP contribution in [-0.2, 0) is 11.2 Å². The van der Waals surface area contributed by atoms with E-state index in [9.17, 15) is 4.79 Å². The lowest BCUT2D eigenvalue weighted by Crippen LogP contribution is -2.03. The van der Waals surface area contributed by atoms with Crippen molar-refractivity contribution in [2.45, 2.75) is 20.3 Å². The lowest BCUT2D eigenvalue weighted by Gasteiger charge is -2.04. The van der Waals surface area contributed by atoms with Gasteiger partial charge in [0.1, 0.15) is 0 Å². The van der Waals surface area contributed by atoms with Gasteiger partial charge in [0.25, 0.3) is 0 Å². The Bertz CT molecular complexity index is 588. The number of nitrogens with zero attached hydrogens (tertiary/aromatic N) is 2. The minimum absolute atomic E-state index is 0.00813. The molecule has 0 aliphatic rings. The number of aliphatic carboxylic acids is 1. The molecular formula is C13H13BrN2O2. The van der Waals surface area contributed by atoms with Crippen LogP contribution in [0, 0.1) is 13.8 Å². The van der Waals surface area contributed by atoms with E-state index < -0.39 is 5.97 Å². The first kappa shape index (κ1) is 12.8. The predicted octanol–water partition coefficient (Wildman–Crippen LogP) is 2.88. The van der Waals surface area contributed by atoms with Gasteiger partial charge in [-0.05, 0) is 38.1 Å². The molecule has 4 nitrogen and oxygen atoms in total. The van der Waals surface area contributed by atoms with Crippen LogP contribution in [0.5, 0.6) is 0 Å². The van der Waals surface area contributed by atoms with Gasteiger partial charge >= 0.3 is 5.97 Å². The number of aromatic nitrogens is 2. The molecule has 0 radical (unpaired) electrons. The second kappa shape index (κ2) is 4.94. The van der Waals surface area contributed by atoms with Crippen molar-refractivity contribution in [1.29, 1.82) is 0 Å². The molecule has 0 aliphatic heterocycles. The molecule has 0 atom stereocenters. The number of halogens is 1. The van der Waals surface area contributed by atoms with Crippen LogP contribution in [0.1, 0.15) is 17.0 Å².